The topological polar surface area (TPSA) is 84.1 Å². The minimum atomic E-state index is -0.344. The van der Waals surface area contributed by atoms with E-state index in [0.717, 1.165) is 24.3 Å². The molecule has 0 bridgehead atoms. The molecule has 7 nitrogen and oxygen atoms in total. The molecular formula is C20H25N5O2. The van der Waals surface area contributed by atoms with E-state index < -0.39 is 0 Å². The number of aliphatic hydroxyl groups excluding tert-OH is 1. The van der Waals surface area contributed by atoms with Gasteiger partial charge in [-0.2, -0.15) is 0 Å². The summed E-state index contributed by atoms with van der Waals surface area (Å²) in [6.45, 7) is 9.19. The molecule has 0 aromatic carbocycles. The Balaban J connectivity index is 2.32. The molecule has 0 fully saturated rings. The highest BCUT2D eigenvalue weighted by Crippen LogP contribution is 2.27. The Morgan fingerprint density at radius 2 is 1.96 bits per heavy atom. The number of nitrogens with zero attached hydrogens (tertiary/aromatic N) is 5. The van der Waals surface area contributed by atoms with Crippen LogP contribution in [0.3, 0.4) is 0 Å². The van der Waals surface area contributed by atoms with Gasteiger partial charge in [-0.3, -0.25) is 14.3 Å². The van der Waals surface area contributed by atoms with Crippen LogP contribution < -0.4 is 10.5 Å². The number of hydrogen-bond donors (Lipinski definition) is 1. The number of aryl methyl sites for hydroxylation is 1. The predicted molar refractivity (Wildman–Crippen MR) is 107 cm³/mol. The van der Waals surface area contributed by atoms with Crippen molar-refractivity contribution < 1.29 is 5.11 Å². The van der Waals surface area contributed by atoms with Crippen LogP contribution >= 0.6 is 0 Å². The van der Waals surface area contributed by atoms with Crippen LogP contribution in [-0.4, -0.2) is 44.3 Å². The fraction of sp³-hybridized carbons (Fsp3) is 0.400. The molecule has 0 radical (unpaired) electrons. The molecular weight excluding hydrogens is 342 g/mol. The van der Waals surface area contributed by atoms with E-state index in [2.05, 4.69) is 14.9 Å². The van der Waals surface area contributed by atoms with Crippen LogP contribution in [0.4, 0.5) is 5.82 Å². The summed E-state index contributed by atoms with van der Waals surface area (Å²) in [4.78, 5) is 28.8. The number of fused-ring (bicyclic) bond motifs is 1. The van der Waals surface area contributed by atoms with Crippen molar-refractivity contribution >= 4 is 16.7 Å². The van der Waals surface area contributed by atoms with Crippen molar-refractivity contribution in [3.05, 3.63) is 46.8 Å². The standard InChI is InChI=1S/C20H25N5O2/c1-5-24(6-2)19-18-16(20(27)25(12-22-18)14(4)11-26)9-17(23-19)15-8-7-13(3)21-10-15/h7-10,12,14,26H,5-6,11H2,1-4H3/t14-/m0/s1. The van der Waals surface area contributed by atoms with Crippen LogP contribution in [0.2, 0.25) is 0 Å². The van der Waals surface area contributed by atoms with Gasteiger partial charge in [-0.25, -0.2) is 9.97 Å². The molecule has 0 aliphatic rings. The highest BCUT2D eigenvalue weighted by molar-refractivity contribution is 5.91. The molecule has 3 heterocycles. The van der Waals surface area contributed by atoms with Gasteiger partial charge in [0.05, 0.1) is 30.1 Å². The fourth-order valence-electron chi connectivity index (χ4n) is 3.04. The van der Waals surface area contributed by atoms with Gasteiger partial charge in [-0.15, -0.1) is 0 Å². The molecule has 0 saturated carbocycles. The first-order valence-corrected chi connectivity index (χ1v) is 9.20. The van der Waals surface area contributed by atoms with Crippen LogP contribution in [0.5, 0.6) is 0 Å². The Labute approximate surface area is 158 Å². The van der Waals surface area contributed by atoms with E-state index in [1.165, 1.54) is 10.9 Å². The summed E-state index contributed by atoms with van der Waals surface area (Å²) < 4.78 is 1.46. The number of pyridine rings is 2. The first kappa shape index (κ1) is 19.0. The van der Waals surface area contributed by atoms with Crippen molar-refractivity contribution in [3.63, 3.8) is 0 Å². The van der Waals surface area contributed by atoms with E-state index in [-0.39, 0.29) is 18.2 Å². The molecule has 3 aromatic rings. The van der Waals surface area contributed by atoms with E-state index in [9.17, 15) is 9.90 Å². The van der Waals surface area contributed by atoms with Crippen LogP contribution in [0.25, 0.3) is 22.2 Å². The molecule has 0 unspecified atom stereocenters. The van der Waals surface area contributed by atoms with Crippen LogP contribution in [0.15, 0.2) is 35.5 Å². The Bertz CT molecular complexity index is 994. The first-order valence-electron chi connectivity index (χ1n) is 9.20. The van der Waals surface area contributed by atoms with Gasteiger partial charge < -0.3 is 10.0 Å². The third kappa shape index (κ3) is 3.55. The second-order valence-electron chi connectivity index (χ2n) is 6.58. The SMILES string of the molecule is CCN(CC)c1nc(-c2ccc(C)nc2)cc2c(=O)n([C@@H](C)CO)cnc12. The summed E-state index contributed by atoms with van der Waals surface area (Å²) in [5, 5.41) is 9.94. The predicted octanol–water partition coefficient (Wildman–Crippen LogP) is 2.56. The quantitative estimate of drug-likeness (QED) is 0.721. The molecule has 0 spiro atoms. The third-order valence-electron chi connectivity index (χ3n) is 4.76. The number of aromatic nitrogens is 4. The number of rotatable bonds is 6. The molecule has 0 amide bonds. The fourth-order valence-corrected chi connectivity index (χ4v) is 3.04. The highest BCUT2D eigenvalue weighted by atomic mass is 16.3. The van der Waals surface area contributed by atoms with Crippen molar-refractivity contribution in [1.82, 2.24) is 19.5 Å². The average Bonchev–Trinajstić information content (AvgIpc) is 2.69. The molecule has 0 saturated heterocycles. The van der Waals surface area contributed by atoms with Gasteiger partial charge in [0.15, 0.2) is 5.82 Å². The Hall–Kier alpha value is -2.80. The Morgan fingerprint density at radius 3 is 2.56 bits per heavy atom. The Morgan fingerprint density at radius 1 is 1.22 bits per heavy atom. The van der Waals surface area contributed by atoms with Gasteiger partial charge in [0.2, 0.25) is 0 Å². The summed E-state index contributed by atoms with van der Waals surface area (Å²) in [5.41, 5.74) is 2.85. The van der Waals surface area contributed by atoms with Crippen molar-refractivity contribution in [2.75, 3.05) is 24.6 Å². The molecule has 3 aromatic heterocycles. The molecule has 7 heteroatoms. The highest BCUT2D eigenvalue weighted by Gasteiger charge is 2.18. The van der Waals surface area contributed by atoms with Crippen molar-refractivity contribution in [2.45, 2.75) is 33.7 Å². The number of aliphatic hydroxyl groups is 1. The molecule has 27 heavy (non-hydrogen) atoms. The van der Waals surface area contributed by atoms with E-state index in [1.54, 1.807) is 19.2 Å². The lowest BCUT2D eigenvalue weighted by atomic mass is 10.1. The van der Waals surface area contributed by atoms with Crippen LogP contribution in [0.1, 0.15) is 32.5 Å². The van der Waals surface area contributed by atoms with E-state index >= 15 is 0 Å². The van der Waals surface area contributed by atoms with Crippen molar-refractivity contribution in [2.24, 2.45) is 0 Å². The zero-order valence-electron chi connectivity index (χ0n) is 16.2. The molecule has 3 rings (SSSR count). The first-order chi connectivity index (χ1) is 13.0. The Kier molecular flexibility index (Phi) is 5.51. The summed E-state index contributed by atoms with van der Waals surface area (Å²) in [7, 11) is 0. The largest absolute Gasteiger partial charge is 0.394 e. The molecule has 1 N–H and O–H groups in total. The van der Waals surface area contributed by atoms with Gasteiger partial charge in [-0.05, 0) is 45.9 Å². The second-order valence-corrected chi connectivity index (χ2v) is 6.58. The minimum absolute atomic E-state index is 0.129. The second kappa shape index (κ2) is 7.84. The van der Waals surface area contributed by atoms with Gasteiger partial charge >= 0.3 is 0 Å². The number of anilines is 1. The van der Waals surface area contributed by atoms with Crippen LogP contribution in [0, 0.1) is 6.92 Å². The normalized spacial score (nSPS) is 12.3. The van der Waals surface area contributed by atoms with Crippen molar-refractivity contribution in [1.29, 1.82) is 0 Å². The summed E-state index contributed by atoms with van der Waals surface area (Å²) in [6.07, 6.45) is 3.26. The van der Waals surface area contributed by atoms with Crippen LogP contribution in [-0.2, 0) is 0 Å². The zero-order valence-corrected chi connectivity index (χ0v) is 16.2. The molecule has 0 aliphatic carbocycles. The van der Waals surface area contributed by atoms with Gasteiger partial charge in [0.1, 0.15) is 5.52 Å². The lowest BCUT2D eigenvalue weighted by molar-refractivity contribution is 0.236. The van der Waals surface area contributed by atoms with E-state index in [4.69, 9.17) is 4.98 Å². The summed E-state index contributed by atoms with van der Waals surface area (Å²) >= 11 is 0. The smallest absolute Gasteiger partial charge is 0.261 e. The molecule has 1 atom stereocenters. The van der Waals surface area contributed by atoms with Crippen molar-refractivity contribution in [3.8, 4) is 11.3 Å². The maximum Gasteiger partial charge on any atom is 0.261 e. The lowest BCUT2D eigenvalue weighted by Crippen LogP contribution is -2.28. The van der Waals surface area contributed by atoms with Gasteiger partial charge in [0, 0.05) is 30.5 Å². The maximum atomic E-state index is 13.1. The van der Waals surface area contributed by atoms with E-state index in [0.29, 0.717) is 22.4 Å². The van der Waals surface area contributed by atoms with Gasteiger partial charge in [-0.1, -0.05) is 0 Å². The minimum Gasteiger partial charge on any atom is -0.394 e. The van der Waals surface area contributed by atoms with Gasteiger partial charge in [0.25, 0.3) is 5.56 Å². The molecule has 142 valence electrons. The van der Waals surface area contributed by atoms with E-state index in [1.807, 2.05) is 32.9 Å². The summed E-state index contributed by atoms with van der Waals surface area (Å²) in [6, 6.07) is 5.30. The maximum absolute atomic E-state index is 13.1. The summed E-state index contributed by atoms with van der Waals surface area (Å²) in [5.74, 6) is 0.689. The zero-order chi connectivity index (χ0) is 19.6. The monoisotopic (exact) mass is 367 g/mol. The molecule has 0 aliphatic heterocycles. The third-order valence-corrected chi connectivity index (χ3v) is 4.76. The number of hydrogen-bond acceptors (Lipinski definition) is 6. The lowest BCUT2D eigenvalue weighted by Gasteiger charge is -2.22. The average molecular weight is 367 g/mol.